The van der Waals surface area contributed by atoms with Crippen LogP contribution >= 0.6 is 11.8 Å². The fraction of sp³-hybridized carbons (Fsp3) is 0.304. The Bertz CT molecular complexity index is 930. The average Bonchev–Trinajstić information content (AvgIpc) is 2.80. The number of carbonyl (C=O) groups is 2. The summed E-state index contributed by atoms with van der Waals surface area (Å²) in [6.07, 6.45) is 3.22. The molecule has 4 N–H and O–H groups in total. The lowest BCUT2D eigenvalue weighted by Crippen LogP contribution is -2.28. The highest BCUT2D eigenvalue weighted by Gasteiger charge is 2.33. The van der Waals surface area contributed by atoms with Crippen LogP contribution in [0.3, 0.4) is 0 Å². The Morgan fingerprint density at radius 3 is 2.53 bits per heavy atom. The fourth-order valence-corrected chi connectivity index (χ4v) is 3.33. The molecule has 0 saturated heterocycles. The first-order valence-corrected chi connectivity index (χ1v) is 11.1. The molecule has 172 valence electrons. The van der Waals surface area contributed by atoms with Crippen LogP contribution in [-0.4, -0.2) is 41.8 Å². The minimum Gasteiger partial charge on any atom is -0.491 e. The smallest absolute Gasteiger partial charge is 0.412 e. The maximum Gasteiger partial charge on any atom is 0.412 e. The van der Waals surface area contributed by atoms with E-state index in [0.29, 0.717) is 17.0 Å². The third-order valence-electron chi connectivity index (χ3n) is 4.53. The molecule has 32 heavy (non-hydrogen) atoms. The molecule has 0 bridgehead atoms. The van der Waals surface area contributed by atoms with E-state index in [4.69, 9.17) is 19.8 Å². The highest BCUT2D eigenvalue weighted by atomic mass is 32.2. The third-order valence-corrected chi connectivity index (χ3v) is 5.28. The van der Waals surface area contributed by atoms with Gasteiger partial charge in [0.2, 0.25) is 0 Å². The number of benzene rings is 2. The number of aliphatic hydroxyl groups excluding tert-OH is 1. The molecule has 0 aliphatic rings. The molecular weight excluding hydrogens is 432 g/mol. The van der Waals surface area contributed by atoms with Gasteiger partial charge in [-0.3, -0.25) is 15.3 Å². The first-order valence-electron chi connectivity index (χ1n) is 9.87. The van der Waals surface area contributed by atoms with Crippen LogP contribution in [0, 0.1) is 5.41 Å². The van der Waals surface area contributed by atoms with E-state index in [1.165, 1.54) is 6.08 Å². The summed E-state index contributed by atoms with van der Waals surface area (Å²) in [6.45, 7) is 3.58. The van der Waals surface area contributed by atoms with Gasteiger partial charge < -0.3 is 14.6 Å². The molecule has 0 heterocycles. The monoisotopic (exact) mass is 460 g/mol. The van der Waals surface area contributed by atoms with E-state index in [1.807, 2.05) is 18.4 Å². The number of rotatable bonds is 10. The molecule has 0 aliphatic heterocycles. The highest BCUT2D eigenvalue weighted by Crippen LogP contribution is 2.39. The molecule has 0 unspecified atom stereocenters. The molecule has 0 saturated carbocycles. The maximum atomic E-state index is 12.7. The number of thioether (sulfide) groups is 1. The minimum atomic E-state index is -0.831. The number of amides is 2. The van der Waals surface area contributed by atoms with Crippen LogP contribution in [0.15, 0.2) is 65.6 Å². The number of carbonyl (C=O) groups excluding carboxylic acids is 2. The average molecular weight is 461 g/mol. The van der Waals surface area contributed by atoms with Crippen LogP contribution in [0.4, 0.5) is 10.5 Å². The molecule has 0 fully saturated rings. The van der Waals surface area contributed by atoms with E-state index in [-0.39, 0.29) is 13.2 Å². The van der Waals surface area contributed by atoms with Crippen molar-refractivity contribution >= 4 is 29.4 Å². The molecule has 2 rings (SSSR count). The van der Waals surface area contributed by atoms with Gasteiger partial charge in [0, 0.05) is 22.1 Å². The Labute approximate surface area is 191 Å². The molecule has 0 radical (unpaired) electrons. The number of hydrogen-bond acceptors (Lipinski definition) is 7. The van der Waals surface area contributed by atoms with Crippen LogP contribution in [0.5, 0.6) is 5.75 Å². The summed E-state index contributed by atoms with van der Waals surface area (Å²) in [5.74, 6) is -0.193. The van der Waals surface area contributed by atoms with Gasteiger partial charge in [0.1, 0.15) is 18.5 Å². The Morgan fingerprint density at radius 2 is 1.91 bits per heavy atom. The van der Waals surface area contributed by atoms with E-state index in [9.17, 15) is 9.59 Å². The summed E-state index contributed by atoms with van der Waals surface area (Å²) in [4.78, 5) is 25.3. The van der Waals surface area contributed by atoms with Gasteiger partial charge in [-0.15, -0.1) is 11.8 Å². The molecule has 1 atom stereocenters. The van der Waals surface area contributed by atoms with Crippen molar-refractivity contribution < 1.29 is 29.4 Å². The van der Waals surface area contributed by atoms with E-state index >= 15 is 0 Å². The highest BCUT2D eigenvalue weighted by molar-refractivity contribution is 7.98. The van der Waals surface area contributed by atoms with Gasteiger partial charge in [0.05, 0.1) is 6.61 Å². The normalized spacial score (nSPS) is 12.3. The summed E-state index contributed by atoms with van der Waals surface area (Å²) in [7, 11) is 0. The van der Waals surface area contributed by atoms with Crippen molar-refractivity contribution in [3.63, 3.8) is 0 Å². The number of ether oxygens (including phenoxy) is 2. The summed E-state index contributed by atoms with van der Waals surface area (Å²) in [6, 6.07) is 14.3. The minimum absolute atomic E-state index is 0.126. The van der Waals surface area contributed by atoms with Crippen molar-refractivity contribution in [3.05, 3.63) is 66.2 Å². The van der Waals surface area contributed by atoms with Crippen LogP contribution in [0.2, 0.25) is 0 Å². The SMILES string of the molecule is CSc1ccc(NC(=O)O[C@H](c2cccc(OCCO)c2)C(C)(C)/C=C/C(=O)NO)cc1. The quantitative estimate of drug-likeness (QED) is 0.182. The van der Waals surface area contributed by atoms with Gasteiger partial charge in [-0.25, -0.2) is 10.3 Å². The first-order chi connectivity index (χ1) is 15.3. The van der Waals surface area contributed by atoms with Gasteiger partial charge in [0.25, 0.3) is 5.91 Å². The zero-order chi connectivity index (χ0) is 23.6. The van der Waals surface area contributed by atoms with Gasteiger partial charge in [-0.05, 0) is 48.2 Å². The molecule has 8 nitrogen and oxygen atoms in total. The lowest BCUT2D eigenvalue weighted by atomic mass is 9.82. The molecule has 0 aromatic heterocycles. The van der Waals surface area contributed by atoms with Crippen LogP contribution in [0.25, 0.3) is 0 Å². The van der Waals surface area contributed by atoms with Crippen molar-refractivity contribution in [2.75, 3.05) is 24.8 Å². The fourth-order valence-electron chi connectivity index (χ4n) is 2.92. The molecule has 0 aliphatic carbocycles. The van der Waals surface area contributed by atoms with E-state index in [0.717, 1.165) is 4.90 Å². The van der Waals surface area contributed by atoms with Gasteiger partial charge in [-0.2, -0.15) is 0 Å². The third kappa shape index (κ3) is 7.60. The second kappa shape index (κ2) is 12.1. The Kier molecular flexibility index (Phi) is 9.58. The second-order valence-corrected chi connectivity index (χ2v) is 8.29. The van der Waals surface area contributed by atoms with Crippen molar-refractivity contribution in [2.45, 2.75) is 24.8 Å². The topological polar surface area (TPSA) is 117 Å². The second-order valence-electron chi connectivity index (χ2n) is 7.41. The zero-order valence-corrected chi connectivity index (χ0v) is 19.0. The summed E-state index contributed by atoms with van der Waals surface area (Å²) in [5, 5.41) is 20.5. The molecule has 2 aromatic carbocycles. The number of nitrogens with one attached hydrogen (secondary N) is 2. The first kappa shape index (κ1) is 25.3. The Morgan fingerprint density at radius 1 is 1.19 bits per heavy atom. The summed E-state index contributed by atoms with van der Waals surface area (Å²) in [5.41, 5.74) is 1.92. The maximum absolute atomic E-state index is 12.7. The Balaban J connectivity index is 2.29. The van der Waals surface area contributed by atoms with Gasteiger partial charge in [-0.1, -0.05) is 32.1 Å². The van der Waals surface area contributed by atoms with Crippen LogP contribution in [-0.2, 0) is 9.53 Å². The number of aliphatic hydroxyl groups is 1. The number of hydrogen-bond donors (Lipinski definition) is 4. The Hall–Kier alpha value is -3.01. The van der Waals surface area contributed by atoms with E-state index in [2.05, 4.69) is 5.32 Å². The molecule has 0 spiro atoms. The van der Waals surface area contributed by atoms with Crippen LogP contribution in [0.1, 0.15) is 25.5 Å². The lowest BCUT2D eigenvalue weighted by molar-refractivity contribution is -0.124. The van der Waals surface area contributed by atoms with E-state index in [1.54, 1.807) is 73.6 Å². The molecular formula is C23H28N2O6S. The van der Waals surface area contributed by atoms with Crippen molar-refractivity contribution in [1.82, 2.24) is 5.48 Å². The molecule has 2 aromatic rings. The van der Waals surface area contributed by atoms with E-state index < -0.39 is 23.5 Å². The zero-order valence-electron chi connectivity index (χ0n) is 18.2. The van der Waals surface area contributed by atoms with Gasteiger partial charge in [0.15, 0.2) is 0 Å². The standard InChI is InChI=1S/C23H28N2O6S/c1-23(2,12-11-20(27)25-29)21(16-5-4-6-18(15-16)30-14-13-26)31-22(28)24-17-7-9-19(32-3)10-8-17/h4-12,15,21,26,29H,13-14H2,1-3H3,(H,24,28)(H,25,27)/b12-11+/t21-/m1/s1. The van der Waals surface area contributed by atoms with Crippen molar-refractivity contribution in [3.8, 4) is 5.75 Å². The number of anilines is 1. The van der Waals surface area contributed by atoms with Crippen molar-refractivity contribution in [1.29, 1.82) is 0 Å². The number of hydroxylamine groups is 1. The van der Waals surface area contributed by atoms with Crippen LogP contribution < -0.4 is 15.5 Å². The predicted octanol–water partition coefficient (Wildman–Crippen LogP) is 4.16. The van der Waals surface area contributed by atoms with Crippen molar-refractivity contribution in [2.24, 2.45) is 5.41 Å². The van der Waals surface area contributed by atoms with Gasteiger partial charge >= 0.3 is 6.09 Å². The summed E-state index contributed by atoms with van der Waals surface area (Å²) < 4.78 is 11.3. The molecule has 9 heteroatoms. The summed E-state index contributed by atoms with van der Waals surface area (Å²) >= 11 is 1.59. The molecule has 2 amide bonds. The largest absolute Gasteiger partial charge is 0.491 e. The predicted molar refractivity (Wildman–Crippen MR) is 123 cm³/mol. The lowest BCUT2D eigenvalue weighted by Gasteiger charge is -2.32.